The summed E-state index contributed by atoms with van der Waals surface area (Å²) in [6, 6.07) is 5.98. The molecule has 2 aromatic rings. The first-order valence-electron chi connectivity index (χ1n) is 6.63. The van der Waals surface area contributed by atoms with E-state index in [1.54, 1.807) is 6.07 Å². The summed E-state index contributed by atoms with van der Waals surface area (Å²) in [6.45, 7) is 0.421. The maximum atomic E-state index is 14.3. The summed E-state index contributed by atoms with van der Waals surface area (Å²) >= 11 is 5.59. The summed E-state index contributed by atoms with van der Waals surface area (Å²) in [6.07, 6.45) is 3.72. The quantitative estimate of drug-likeness (QED) is 0.904. The van der Waals surface area contributed by atoms with Crippen LogP contribution >= 0.6 is 11.6 Å². The average Bonchev–Trinajstić information content (AvgIpc) is 3.28. The Morgan fingerprint density at radius 1 is 1.29 bits per heavy atom. The Hall–Kier alpha value is -1.72. The monoisotopic (exact) mass is 310 g/mol. The lowest BCUT2D eigenvalue weighted by Gasteiger charge is -2.09. The number of benzene rings is 1. The van der Waals surface area contributed by atoms with Crippen LogP contribution in [0, 0.1) is 11.6 Å². The van der Waals surface area contributed by atoms with Crippen molar-refractivity contribution in [2.45, 2.75) is 25.4 Å². The summed E-state index contributed by atoms with van der Waals surface area (Å²) in [7, 11) is 0. The fourth-order valence-electron chi connectivity index (χ4n) is 1.86. The van der Waals surface area contributed by atoms with Gasteiger partial charge in [-0.15, -0.1) is 0 Å². The third-order valence-corrected chi connectivity index (χ3v) is 3.51. The van der Waals surface area contributed by atoms with Crippen LogP contribution in [-0.2, 0) is 6.54 Å². The van der Waals surface area contributed by atoms with E-state index in [2.05, 4.69) is 10.3 Å². The van der Waals surface area contributed by atoms with Crippen LogP contribution in [0.1, 0.15) is 18.4 Å². The minimum atomic E-state index is -0.624. The first-order chi connectivity index (χ1) is 10.1. The molecule has 1 N–H and O–H groups in total. The molecule has 3 nitrogen and oxygen atoms in total. The zero-order valence-electron chi connectivity index (χ0n) is 11.1. The maximum Gasteiger partial charge on any atom is 0.256 e. The van der Waals surface area contributed by atoms with Crippen molar-refractivity contribution >= 4 is 11.6 Å². The van der Waals surface area contributed by atoms with Gasteiger partial charge < -0.3 is 10.1 Å². The van der Waals surface area contributed by atoms with E-state index >= 15 is 0 Å². The SMILES string of the molecule is Fc1cc(Oc2nccc(CNC3CC3)c2F)ccc1Cl. The van der Waals surface area contributed by atoms with Crippen molar-refractivity contribution in [3.8, 4) is 11.6 Å². The van der Waals surface area contributed by atoms with Crippen LogP contribution in [0.2, 0.25) is 5.02 Å². The average molecular weight is 311 g/mol. The van der Waals surface area contributed by atoms with Gasteiger partial charge >= 0.3 is 0 Å². The molecule has 1 fully saturated rings. The van der Waals surface area contributed by atoms with E-state index in [0.29, 0.717) is 18.2 Å². The molecule has 21 heavy (non-hydrogen) atoms. The van der Waals surface area contributed by atoms with Crippen molar-refractivity contribution < 1.29 is 13.5 Å². The lowest BCUT2D eigenvalue weighted by Crippen LogP contribution is -2.16. The molecule has 0 atom stereocenters. The van der Waals surface area contributed by atoms with Crippen molar-refractivity contribution in [1.29, 1.82) is 0 Å². The molecule has 0 saturated heterocycles. The standard InChI is InChI=1S/C15H13ClF2N2O/c16-12-4-3-11(7-13(12)17)21-15-14(18)9(5-6-19-15)8-20-10-1-2-10/h3-7,10,20H,1-2,8H2. The van der Waals surface area contributed by atoms with E-state index in [0.717, 1.165) is 18.9 Å². The summed E-state index contributed by atoms with van der Waals surface area (Å²) < 4.78 is 32.9. The molecule has 0 spiro atoms. The van der Waals surface area contributed by atoms with Crippen LogP contribution in [0.5, 0.6) is 11.6 Å². The van der Waals surface area contributed by atoms with Crippen LogP contribution < -0.4 is 10.1 Å². The van der Waals surface area contributed by atoms with Crippen LogP contribution in [0.25, 0.3) is 0 Å². The third kappa shape index (κ3) is 3.49. The lowest BCUT2D eigenvalue weighted by atomic mass is 10.2. The molecule has 1 aliphatic carbocycles. The molecule has 1 saturated carbocycles. The number of ether oxygens (including phenoxy) is 1. The van der Waals surface area contributed by atoms with E-state index in [1.807, 2.05) is 0 Å². The highest BCUT2D eigenvalue weighted by molar-refractivity contribution is 6.30. The van der Waals surface area contributed by atoms with Crippen LogP contribution in [-0.4, -0.2) is 11.0 Å². The second kappa shape index (κ2) is 5.95. The van der Waals surface area contributed by atoms with Gasteiger partial charge in [0.2, 0.25) is 0 Å². The smallest absolute Gasteiger partial charge is 0.256 e. The minimum absolute atomic E-state index is 0.0156. The molecule has 0 amide bonds. The zero-order chi connectivity index (χ0) is 14.8. The van der Waals surface area contributed by atoms with Gasteiger partial charge in [-0.05, 0) is 31.0 Å². The highest BCUT2D eigenvalue weighted by Crippen LogP contribution is 2.27. The Morgan fingerprint density at radius 3 is 2.81 bits per heavy atom. The molecule has 6 heteroatoms. The van der Waals surface area contributed by atoms with Gasteiger partial charge in [0.05, 0.1) is 5.02 Å². The highest BCUT2D eigenvalue weighted by Gasteiger charge is 2.21. The van der Waals surface area contributed by atoms with Crippen molar-refractivity contribution in [3.05, 3.63) is 52.7 Å². The molecule has 1 aromatic heterocycles. The second-order valence-corrected chi connectivity index (χ2v) is 5.33. The predicted octanol–water partition coefficient (Wildman–Crippen LogP) is 4.06. The third-order valence-electron chi connectivity index (χ3n) is 3.20. The Labute approximate surface area is 125 Å². The largest absolute Gasteiger partial charge is 0.436 e. The summed E-state index contributed by atoms with van der Waals surface area (Å²) in [4.78, 5) is 3.85. The predicted molar refractivity (Wildman–Crippen MR) is 75.5 cm³/mol. The lowest BCUT2D eigenvalue weighted by molar-refractivity contribution is 0.414. The Balaban J connectivity index is 1.77. The summed E-state index contributed by atoms with van der Waals surface area (Å²) in [5.74, 6) is -1.19. The van der Waals surface area contributed by atoms with Gasteiger partial charge in [0, 0.05) is 30.4 Å². The summed E-state index contributed by atoms with van der Waals surface area (Å²) in [5, 5.41) is 3.21. The minimum Gasteiger partial charge on any atom is -0.436 e. The molecule has 0 unspecified atom stereocenters. The van der Waals surface area contributed by atoms with Gasteiger partial charge in [0.25, 0.3) is 5.88 Å². The fraction of sp³-hybridized carbons (Fsp3) is 0.267. The van der Waals surface area contributed by atoms with Crippen molar-refractivity contribution in [1.82, 2.24) is 10.3 Å². The van der Waals surface area contributed by atoms with E-state index in [4.69, 9.17) is 16.3 Å². The van der Waals surface area contributed by atoms with Gasteiger partial charge in [-0.2, -0.15) is 0 Å². The number of halogens is 3. The maximum absolute atomic E-state index is 14.3. The molecule has 3 rings (SSSR count). The van der Waals surface area contributed by atoms with Crippen molar-refractivity contribution in [2.24, 2.45) is 0 Å². The molecular formula is C15H13ClF2N2O. The number of nitrogens with zero attached hydrogens (tertiary/aromatic N) is 1. The molecule has 1 heterocycles. The van der Waals surface area contributed by atoms with E-state index < -0.39 is 11.6 Å². The first kappa shape index (κ1) is 14.2. The molecule has 0 radical (unpaired) electrons. The van der Waals surface area contributed by atoms with Crippen LogP contribution in [0.15, 0.2) is 30.5 Å². The molecular weight excluding hydrogens is 298 g/mol. The molecule has 0 aliphatic heterocycles. The number of rotatable bonds is 5. The Morgan fingerprint density at radius 2 is 2.10 bits per heavy atom. The normalized spacial score (nSPS) is 14.2. The topological polar surface area (TPSA) is 34.1 Å². The van der Waals surface area contributed by atoms with Crippen molar-refractivity contribution in [3.63, 3.8) is 0 Å². The van der Waals surface area contributed by atoms with Gasteiger partial charge in [0.15, 0.2) is 5.82 Å². The summed E-state index contributed by atoms with van der Waals surface area (Å²) in [5.41, 5.74) is 0.473. The van der Waals surface area contributed by atoms with Gasteiger partial charge in [-0.25, -0.2) is 13.8 Å². The molecule has 110 valence electrons. The second-order valence-electron chi connectivity index (χ2n) is 4.92. The fourth-order valence-corrected chi connectivity index (χ4v) is 1.98. The number of hydrogen-bond donors (Lipinski definition) is 1. The van der Waals surface area contributed by atoms with Gasteiger partial charge in [0.1, 0.15) is 11.6 Å². The van der Waals surface area contributed by atoms with Crippen LogP contribution in [0.3, 0.4) is 0 Å². The molecule has 1 aromatic carbocycles. The van der Waals surface area contributed by atoms with Crippen molar-refractivity contribution in [2.75, 3.05) is 0 Å². The molecule has 0 bridgehead atoms. The Kier molecular flexibility index (Phi) is 4.03. The highest BCUT2D eigenvalue weighted by atomic mass is 35.5. The van der Waals surface area contributed by atoms with E-state index in [1.165, 1.54) is 18.3 Å². The number of pyridine rings is 1. The van der Waals surface area contributed by atoms with Crippen LogP contribution in [0.4, 0.5) is 8.78 Å². The van der Waals surface area contributed by atoms with E-state index in [-0.39, 0.29) is 16.7 Å². The number of nitrogens with one attached hydrogen (secondary N) is 1. The Bertz CT molecular complexity index is 662. The number of hydrogen-bond acceptors (Lipinski definition) is 3. The first-order valence-corrected chi connectivity index (χ1v) is 7.01. The zero-order valence-corrected chi connectivity index (χ0v) is 11.8. The molecule has 1 aliphatic rings. The number of aromatic nitrogens is 1. The van der Waals surface area contributed by atoms with E-state index in [9.17, 15) is 8.78 Å². The van der Waals surface area contributed by atoms with Gasteiger partial charge in [-0.1, -0.05) is 11.6 Å². The van der Waals surface area contributed by atoms with Gasteiger partial charge in [-0.3, -0.25) is 0 Å².